The lowest BCUT2D eigenvalue weighted by Crippen LogP contribution is -2.30. The maximum absolute atomic E-state index is 11.1. The highest BCUT2D eigenvalue weighted by atomic mass is 32.2. The summed E-state index contributed by atoms with van der Waals surface area (Å²) in [5.74, 6) is -0.544. The van der Waals surface area contributed by atoms with E-state index in [0.717, 1.165) is 19.3 Å². The molecule has 0 radical (unpaired) electrons. The molecule has 5 heteroatoms. The first kappa shape index (κ1) is 15.6. The molecule has 0 aromatic heterocycles. The monoisotopic (exact) mass is 249 g/mol. The van der Waals surface area contributed by atoms with Gasteiger partial charge in [0, 0.05) is 12.3 Å². The molecule has 0 aliphatic heterocycles. The molecule has 0 saturated heterocycles. The Balaban J connectivity index is 4.46. The highest BCUT2D eigenvalue weighted by Gasteiger charge is 2.23. The molecule has 96 valence electrons. The Morgan fingerprint density at radius 2 is 2.00 bits per heavy atom. The highest BCUT2D eigenvalue weighted by Crippen LogP contribution is 2.21. The fourth-order valence-corrected chi connectivity index (χ4v) is 2.33. The molecule has 0 rings (SSSR count). The van der Waals surface area contributed by atoms with Crippen molar-refractivity contribution in [3.05, 3.63) is 0 Å². The number of ether oxygens (including phenoxy) is 1. The standard InChI is InChI=1S/C11H22O4S/c1-4-7-8-9(5-2)11(16(13)14)15-10(12)6-3/h9,11H,4-8H2,1-3H3,(H,13,14)/p-1. The van der Waals surface area contributed by atoms with E-state index in [2.05, 4.69) is 0 Å². The van der Waals surface area contributed by atoms with E-state index >= 15 is 0 Å². The number of esters is 1. The molecule has 0 spiro atoms. The SMILES string of the molecule is CCCCC(CC)C(OC(=O)CC)S(=O)[O-]. The van der Waals surface area contributed by atoms with Gasteiger partial charge in [0.25, 0.3) is 0 Å². The molecule has 0 aliphatic rings. The molecule has 0 aromatic rings. The maximum atomic E-state index is 11.1. The zero-order chi connectivity index (χ0) is 12.6. The summed E-state index contributed by atoms with van der Waals surface area (Å²) in [5.41, 5.74) is -0.982. The van der Waals surface area contributed by atoms with Crippen LogP contribution in [0.25, 0.3) is 0 Å². The van der Waals surface area contributed by atoms with Crippen LogP contribution in [0.1, 0.15) is 52.9 Å². The first-order valence-corrected chi connectivity index (χ1v) is 6.98. The minimum atomic E-state index is -2.35. The third-order valence-corrected chi connectivity index (χ3v) is 3.42. The number of hydrogen-bond acceptors (Lipinski definition) is 4. The van der Waals surface area contributed by atoms with Crippen LogP contribution in [-0.4, -0.2) is 20.2 Å². The first-order chi connectivity index (χ1) is 7.56. The Labute approximate surface area is 100 Å². The van der Waals surface area contributed by atoms with Gasteiger partial charge in [-0.15, -0.1) is 0 Å². The molecule has 3 unspecified atom stereocenters. The largest absolute Gasteiger partial charge is 0.770 e. The summed E-state index contributed by atoms with van der Waals surface area (Å²) < 4.78 is 27.0. The van der Waals surface area contributed by atoms with Crippen LogP contribution in [0.5, 0.6) is 0 Å². The minimum absolute atomic E-state index is 0.0891. The van der Waals surface area contributed by atoms with Crippen LogP contribution in [0.2, 0.25) is 0 Å². The van der Waals surface area contributed by atoms with Crippen molar-refractivity contribution in [2.24, 2.45) is 5.92 Å². The summed E-state index contributed by atoms with van der Waals surface area (Å²) in [4.78, 5) is 11.1. The number of hydrogen-bond donors (Lipinski definition) is 0. The zero-order valence-corrected chi connectivity index (χ0v) is 11.0. The molecule has 0 heterocycles. The van der Waals surface area contributed by atoms with Crippen LogP contribution >= 0.6 is 0 Å². The van der Waals surface area contributed by atoms with Gasteiger partial charge in [0.15, 0.2) is 5.44 Å². The van der Waals surface area contributed by atoms with Gasteiger partial charge in [-0.25, -0.2) is 0 Å². The lowest BCUT2D eigenvalue weighted by molar-refractivity contribution is -0.147. The topological polar surface area (TPSA) is 66.4 Å². The van der Waals surface area contributed by atoms with Gasteiger partial charge in [0.2, 0.25) is 0 Å². The van der Waals surface area contributed by atoms with E-state index in [4.69, 9.17) is 4.74 Å². The van der Waals surface area contributed by atoms with E-state index in [1.807, 2.05) is 13.8 Å². The quantitative estimate of drug-likeness (QED) is 0.489. The smallest absolute Gasteiger partial charge is 0.306 e. The third-order valence-electron chi connectivity index (χ3n) is 2.56. The van der Waals surface area contributed by atoms with Crippen LogP contribution in [0, 0.1) is 5.92 Å². The Morgan fingerprint density at radius 1 is 1.38 bits per heavy atom. The Bertz CT molecular complexity index is 230. The van der Waals surface area contributed by atoms with Crippen LogP contribution in [0.4, 0.5) is 0 Å². The second-order valence-electron chi connectivity index (χ2n) is 3.78. The van der Waals surface area contributed by atoms with Crippen molar-refractivity contribution < 1.29 is 18.3 Å². The normalized spacial score (nSPS) is 16.5. The molecule has 0 saturated carbocycles. The second-order valence-corrected chi connectivity index (χ2v) is 4.77. The van der Waals surface area contributed by atoms with E-state index in [9.17, 15) is 13.6 Å². The number of carbonyl (C=O) groups excluding carboxylic acids is 1. The first-order valence-electron chi connectivity index (χ1n) is 5.84. The predicted octanol–water partition coefficient (Wildman–Crippen LogP) is 2.36. The Hall–Kier alpha value is -0.420. The van der Waals surface area contributed by atoms with Crippen molar-refractivity contribution >= 4 is 17.0 Å². The molecular formula is C11H21O4S-. The predicted molar refractivity (Wildman–Crippen MR) is 62.4 cm³/mol. The lowest BCUT2D eigenvalue weighted by Gasteiger charge is -2.27. The molecule has 16 heavy (non-hydrogen) atoms. The van der Waals surface area contributed by atoms with Crippen molar-refractivity contribution in [2.75, 3.05) is 0 Å². The van der Waals surface area contributed by atoms with Crippen LogP contribution in [0.3, 0.4) is 0 Å². The number of rotatable bonds is 8. The van der Waals surface area contributed by atoms with Crippen molar-refractivity contribution in [3.63, 3.8) is 0 Å². The van der Waals surface area contributed by atoms with E-state index in [0.29, 0.717) is 6.42 Å². The van der Waals surface area contributed by atoms with Gasteiger partial charge < -0.3 is 9.29 Å². The van der Waals surface area contributed by atoms with E-state index in [1.54, 1.807) is 6.92 Å². The highest BCUT2D eigenvalue weighted by molar-refractivity contribution is 7.79. The van der Waals surface area contributed by atoms with Gasteiger partial charge in [0.05, 0.1) is 0 Å². The molecule has 0 fully saturated rings. The van der Waals surface area contributed by atoms with E-state index in [1.165, 1.54) is 0 Å². The van der Waals surface area contributed by atoms with E-state index < -0.39 is 22.5 Å². The fraction of sp³-hybridized carbons (Fsp3) is 0.909. The average molecular weight is 249 g/mol. The van der Waals surface area contributed by atoms with Crippen LogP contribution in [0.15, 0.2) is 0 Å². The summed E-state index contributed by atoms with van der Waals surface area (Å²) in [7, 11) is 0. The summed E-state index contributed by atoms with van der Waals surface area (Å²) >= 11 is -2.35. The van der Waals surface area contributed by atoms with Gasteiger partial charge in [-0.2, -0.15) is 0 Å². The zero-order valence-electron chi connectivity index (χ0n) is 10.2. The second kappa shape index (κ2) is 8.70. The molecular weight excluding hydrogens is 228 g/mol. The van der Waals surface area contributed by atoms with Crippen LogP contribution in [-0.2, 0) is 20.6 Å². The number of carbonyl (C=O) groups is 1. The fourth-order valence-electron chi connectivity index (χ4n) is 1.50. The number of unbranched alkanes of at least 4 members (excludes halogenated alkanes) is 1. The van der Waals surface area contributed by atoms with Gasteiger partial charge in [0.1, 0.15) is 0 Å². The summed E-state index contributed by atoms with van der Waals surface area (Å²) in [5, 5.41) is 0. The summed E-state index contributed by atoms with van der Waals surface area (Å²) in [6.07, 6.45) is 3.66. The maximum Gasteiger partial charge on any atom is 0.306 e. The molecule has 3 atom stereocenters. The Morgan fingerprint density at radius 3 is 2.38 bits per heavy atom. The van der Waals surface area contributed by atoms with Gasteiger partial charge in [-0.1, -0.05) is 33.6 Å². The molecule has 0 aromatic carbocycles. The summed E-state index contributed by atoms with van der Waals surface area (Å²) in [6.45, 7) is 5.62. The molecule has 0 N–H and O–H groups in total. The molecule has 0 aliphatic carbocycles. The molecule has 0 bridgehead atoms. The van der Waals surface area contributed by atoms with E-state index in [-0.39, 0.29) is 12.3 Å². The molecule has 0 amide bonds. The minimum Gasteiger partial charge on any atom is -0.770 e. The van der Waals surface area contributed by atoms with Crippen LogP contribution < -0.4 is 0 Å². The van der Waals surface area contributed by atoms with Crippen molar-refractivity contribution in [1.29, 1.82) is 0 Å². The third kappa shape index (κ3) is 5.61. The summed E-state index contributed by atoms with van der Waals surface area (Å²) in [6, 6.07) is 0. The van der Waals surface area contributed by atoms with Crippen molar-refractivity contribution in [1.82, 2.24) is 0 Å². The Kier molecular flexibility index (Phi) is 8.47. The van der Waals surface area contributed by atoms with Crippen molar-refractivity contribution in [2.45, 2.75) is 58.3 Å². The van der Waals surface area contributed by atoms with Crippen molar-refractivity contribution in [3.8, 4) is 0 Å². The van der Waals surface area contributed by atoms with Gasteiger partial charge in [-0.3, -0.25) is 9.00 Å². The van der Waals surface area contributed by atoms with Gasteiger partial charge >= 0.3 is 5.97 Å². The van der Waals surface area contributed by atoms with Gasteiger partial charge in [-0.05, 0) is 23.9 Å². The molecule has 4 nitrogen and oxygen atoms in total. The average Bonchev–Trinajstić information content (AvgIpc) is 2.27. The lowest BCUT2D eigenvalue weighted by atomic mass is 10.0.